The van der Waals surface area contributed by atoms with Crippen molar-refractivity contribution < 1.29 is 4.79 Å². The number of halogens is 1. The molecule has 6 heteroatoms. The summed E-state index contributed by atoms with van der Waals surface area (Å²) in [6.07, 6.45) is 1.04. The number of hydrazone groups is 1. The van der Waals surface area contributed by atoms with Crippen molar-refractivity contribution in [2.75, 3.05) is 0 Å². The van der Waals surface area contributed by atoms with Gasteiger partial charge in [-0.2, -0.15) is 5.10 Å². The minimum atomic E-state index is -0.218. The molecule has 3 aromatic rings. The predicted octanol–water partition coefficient (Wildman–Crippen LogP) is 5.35. The maximum atomic E-state index is 12.5. The molecule has 0 spiro atoms. The molecule has 1 aliphatic rings. The fraction of sp³-hybridized carbons (Fsp3) is 0.250. The molecule has 0 radical (unpaired) electrons. The number of pyridine rings is 1. The molecule has 0 saturated carbocycles. The second-order valence-corrected chi connectivity index (χ2v) is 7.66. The van der Waals surface area contributed by atoms with Gasteiger partial charge in [-0.1, -0.05) is 42.8 Å². The smallest absolute Gasteiger partial charge is 0.242 e. The molecule has 0 N–H and O–H groups in total. The molecule has 1 amide bonds. The van der Waals surface area contributed by atoms with E-state index in [0.29, 0.717) is 18.0 Å². The topological polar surface area (TPSA) is 45.6 Å². The Bertz CT molecular complexity index is 1010. The van der Waals surface area contributed by atoms with Crippen molar-refractivity contribution in [2.24, 2.45) is 5.10 Å². The molecule has 3 heterocycles. The maximum Gasteiger partial charge on any atom is 0.242 e. The highest BCUT2D eigenvalue weighted by atomic mass is 35.5. The van der Waals surface area contributed by atoms with Crippen molar-refractivity contribution in [3.8, 4) is 0 Å². The number of rotatable bonds is 3. The van der Waals surface area contributed by atoms with Crippen LogP contribution in [-0.2, 0) is 4.79 Å². The molecule has 0 fully saturated rings. The van der Waals surface area contributed by atoms with Crippen LogP contribution in [-0.4, -0.2) is 21.6 Å². The summed E-state index contributed by atoms with van der Waals surface area (Å²) in [5.41, 5.74) is 3.75. The Balaban J connectivity index is 1.80. The van der Waals surface area contributed by atoms with Crippen molar-refractivity contribution in [3.63, 3.8) is 0 Å². The molecular formula is C20H18ClN3OS. The molecule has 4 nitrogen and oxygen atoms in total. The highest BCUT2D eigenvalue weighted by Gasteiger charge is 2.34. The van der Waals surface area contributed by atoms with Gasteiger partial charge in [-0.05, 0) is 30.0 Å². The monoisotopic (exact) mass is 383 g/mol. The van der Waals surface area contributed by atoms with E-state index in [2.05, 4.69) is 10.1 Å². The maximum absolute atomic E-state index is 12.5. The first-order valence-electron chi connectivity index (χ1n) is 8.57. The average Bonchev–Trinajstić information content (AvgIpc) is 3.31. The first-order valence-corrected chi connectivity index (χ1v) is 9.83. The number of nitrogens with zero attached hydrogens (tertiary/aromatic N) is 3. The van der Waals surface area contributed by atoms with E-state index in [1.165, 1.54) is 0 Å². The zero-order valence-corrected chi connectivity index (χ0v) is 16.1. The number of hydrogen-bond donors (Lipinski definition) is 0. The fourth-order valence-electron chi connectivity index (χ4n) is 3.31. The van der Waals surface area contributed by atoms with E-state index in [1.807, 2.05) is 55.6 Å². The Morgan fingerprint density at radius 3 is 2.92 bits per heavy atom. The second kappa shape index (κ2) is 6.82. The molecule has 132 valence electrons. The number of hydrogen-bond acceptors (Lipinski definition) is 4. The molecule has 1 aromatic carbocycles. The predicted molar refractivity (Wildman–Crippen MR) is 107 cm³/mol. The van der Waals surface area contributed by atoms with Crippen LogP contribution in [0.5, 0.6) is 0 Å². The van der Waals surface area contributed by atoms with Gasteiger partial charge in [-0.25, -0.2) is 9.99 Å². The Morgan fingerprint density at radius 2 is 2.19 bits per heavy atom. The zero-order chi connectivity index (χ0) is 18.3. The molecule has 2 aromatic heterocycles. The molecule has 0 saturated heterocycles. The summed E-state index contributed by atoms with van der Waals surface area (Å²) in [7, 11) is 0. The van der Waals surface area contributed by atoms with E-state index < -0.39 is 0 Å². The summed E-state index contributed by atoms with van der Waals surface area (Å²) in [6.45, 7) is 3.87. The minimum Gasteiger partial charge on any atom is -0.273 e. The van der Waals surface area contributed by atoms with Crippen molar-refractivity contribution in [2.45, 2.75) is 32.7 Å². The van der Waals surface area contributed by atoms with Gasteiger partial charge in [0, 0.05) is 23.8 Å². The van der Waals surface area contributed by atoms with Crippen LogP contribution < -0.4 is 0 Å². The number of thiophene rings is 1. The van der Waals surface area contributed by atoms with Crippen LogP contribution >= 0.6 is 22.9 Å². The second-order valence-electron chi connectivity index (χ2n) is 6.35. The van der Waals surface area contributed by atoms with Gasteiger partial charge < -0.3 is 0 Å². The van der Waals surface area contributed by atoms with Crippen molar-refractivity contribution in [1.82, 2.24) is 9.99 Å². The first-order chi connectivity index (χ1) is 12.6. The lowest BCUT2D eigenvalue weighted by Crippen LogP contribution is -2.26. The Kier molecular flexibility index (Phi) is 4.51. The number of amides is 1. The summed E-state index contributed by atoms with van der Waals surface area (Å²) >= 11 is 8.17. The normalized spacial score (nSPS) is 17.0. The average molecular weight is 384 g/mol. The standard InChI is InChI=1S/C20H18ClN3OS/c1-3-18(25)24-16(11-15(23-24)17-8-5-9-26-17)14-10-13-7-4-6-12(2)19(13)22-20(14)21/h4-10,16H,3,11H2,1-2H3. The van der Waals surface area contributed by atoms with Crippen LogP contribution in [0.3, 0.4) is 0 Å². The number of fused-ring (bicyclic) bond motifs is 1. The lowest BCUT2D eigenvalue weighted by Gasteiger charge is -2.22. The van der Waals surface area contributed by atoms with Gasteiger partial charge in [0.15, 0.2) is 0 Å². The quantitative estimate of drug-likeness (QED) is 0.572. The van der Waals surface area contributed by atoms with Gasteiger partial charge in [0.25, 0.3) is 0 Å². The summed E-state index contributed by atoms with van der Waals surface area (Å²) in [5, 5.41) is 9.69. The number of benzene rings is 1. The van der Waals surface area contributed by atoms with Gasteiger partial charge in [-0.3, -0.25) is 4.79 Å². The van der Waals surface area contributed by atoms with Crippen LogP contribution in [0.4, 0.5) is 0 Å². The molecule has 4 rings (SSSR count). The lowest BCUT2D eigenvalue weighted by molar-refractivity contribution is -0.132. The van der Waals surface area contributed by atoms with E-state index in [-0.39, 0.29) is 11.9 Å². The third-order valence-corrected chi connectivity index (χ3v) is 5.88. The minimum absolute atomic E-state index is 0.0121. The summed E-state index contributed by atoms with van der Waals surface area (Å²) < 4.78 is 0. The highest BCUT2D eigenvalue weighted by Crippen LogP contribution is 2.38. The van der Waals surface area contributed by atoms with E-state index in [9.17, 15) is 4.79 Å². The molecule has 1 aliphatic heterocycles. The van der Waals surface area contributed by atoms with E-state index in [4.69, 9.17) is 11.6 Å². The molecule has 1 unspecified atom stereocenters. The number of carbonyl (C=O) groups excluding carboxylic acids is 1. The third-order valence-electron chi connectivity index (χ3n) is 4.66. The van der Waals surface area contributed by atoms with E-state index in [0.717, 1.165) is 32.6 Å². The number of carbonyl (C=O) groups is 1. The Morgan fingerprint density at radius 1 is 1.35 bits per heavy atom. The van der Waals surface area contributed by atoms with E-state index in [1.54, 1.807) is 16.3 Å². The van der Waals surface area contributed by atoms with Crippen molar-refractivity contribution in [3.05, 3.63) is 62.9 Å². The van der Waals surface area contributed by atoms with Crippen LogP contribution in [0.2, 0.25) is 5.15 Å². The molecular weight excluding hydrogens is 366 g/mol. The molecule has 1 atom stereocenters. The lowest BCUT2D eigenvalue weighted by atomic mass is 10.00. The van der Waals surface area contributed by atoms with Crippen molar-refractivity contribution >= 4 is 45.5 Å². The van der Waals surface area contributed by atoms with Gasteiger partial charge in [0.1, 0.15) is 5.15 Å². The first kappa shape index (κ1) is 17.2. The Hall–Kier alpha value is -2.24. The largest absolute Gasteiger partial charge is 0.273 e. The van der Waals surface area contributed by atoms with Crippen LogP contribution in [0.25, 0.3) is 10.9 Å². The summed E-state index contributed by atoms with van der Waals surface area (Å²) in [5.74, 6) is -0.0121. The number of aromatic nitrogens is 1. The summed E-state index contributed by atoms with van der Waals surface area (Å²) in [4.78, 5) is 18.2. The van der Waals surface area contributed by atoms with Crippen LogP contribution in [0.1, 0.15) is 41.8 Å². The van der Waals surface area contributed by atoms with Gasteiger partial charge in [0.05, 0.1) is 22.1 Å². The third kappa shape index (κ3) is 2.91. The zero-order valence-electron chi connectivity index (χ0n) is 14.6. The van der Waals surface area contributed by atoms with Gasteiger partial charge >= 0.3 is 0 Å². The van der Waals surface area contributed by atoms with Crippen LogP contribution in [0.15, 0.2) is 46.9 Å². The molecule has 0 bridgehead atoms. The highest BCUT2D eigenvalue weighted by molar-refractivity contribution is 7.12. The summed E-state index contributed by atoms with van der Waals surface area (Å²) in [6, 6.07) is 11.9. The number of aryl methyl sites for hydroxylation is 1. The van der Waals surface area contributed by atoms with Gasteiger partial charge in [-0.15, -0.1) is 11.3 Å². The number of para-hydroxylation sites is 1. The van der Waals surface area contributed by atoms with Crippen molar-refractivity contribution in [1.29, 1.82) is 0 Å². The molecule has 0 aliphatic carbocycles. The van der Waals surface area contributed by atoms with E-state index >= 15 is 0 Å². The SMILES string of the molecule is CCC(=O)N1N=C(c2cccs2)CC1c1cc2cccc(C)c2nc1Cl. The fourth-order valence-corrected chi connectivity index (χ4v) is 4.30. The van der Waals surface area contributed by atoms with Gasteiger partial charge in [0.2, 0.25) is 5.91 Å². The Labute approximate surface area is 161 Å². The van der Waals surface area contributed by atoms with Crippen LogP contribution in [0, 0.1) is 6.92 Å². The molecule has 26 heavy (non-hydrogen) atoms.